The fraction of sp³-hybridized carbons (Fsp3) is 0.462. The maximum absolute atomic E-state index is 12.3. The monoisotopic (exact) mass is 332 g/mol. The standard InChI is InChI=1S/C13H15F3N4O3/c14-13(15,16)7-19-4-3-8(6-19)18-12(21)10-5-9(20(22)23)1-2-11(10)17/h1-2,5,8H,3-4,6-7,17H2,(H,18,21)/t8-/m1/s1. The maximum Gasteiger partial charge on any atom is 0.401 e. The molecule has 1 aromatic rings. The number of nitrogen functional groups attached to an aromatic ring is 1. The predicted molar refractivity (Wildman–Crippen MR) is 75.9 cm³/mol. The highest BCUT2D eigenvalue weighted by molar-refractivity contribution is 6.00. The molecule has 23 heavy (non-hydrogen) atoms. The van der Waals surface area contributed by atoms with Crippen LogP contribution in [0.2, 0.25) is 0 Å². The third-order valence-corrected chi connectivity index (χ3v) is 3.50. The zero-order valence-corrected chi connectivity index (χ0v) is 12.0. The molecule has 10 heteroatoms. The third-order valence-electron chi connectivity index (χ3n) is 3.50. The van der Waals surface area contributed by atoms with Crippen molar-refractivity contribution in [1.82, 2.24) is 10.2 Å². The van der Waals surface area contributed by atoms with E-state index in [1.807, 2.05) is 0 Å². The Labute approximate surface area is 129 Å². The number of hydrogen-bond acceptors (Lipinski definition) is 5. The van der Waals surface area contributed by atoms with Crippen LogP contribution in [0.25, 0.3) is 0 Å². The van der Waals surface area contributed by atoms with Crippen LogP contribution in [-0.4, -0.2) is 47.6 Å². The van der Waals surface area contributed by atoms with E-state index in [9.17, 15) is 28.1 Å². The van der Waals surface area contributed by atoms with Gasteiger partial charge in [0, 0.05) is 37.0 Å². The van der Waals surface area contributed by atoms with Gasteiger partial charge in [-0.1, -0.05) is 0 Å². The number of amides is 1. The van der Waals surface area contributed by atoms with E-state index < -0.39 is 29.6 Å². The molecule has 1 aliphatic rings. The number of benzene rings is 1. The molecule has 1 heterocycles. The first kappa shape index (κ1) is 17.0. The highest BCUT2D eigenvalue weighted by Gasteiger charge is 2.34. The van der Waals surface area contributed by atoms with E-state index in [2.05, 4.69) is 5.32 Å². The van der Waals surface area contributed by atoms with Crippen LogP contribution < -0.4 is 11.1 Å². The highest BCUT2D eigenvalue weighted by atomic mass is 19.4. The second-order valence-corrected chi connectivity index (χ2v) is 5.34. The van der Waals surface area contributed by atoms with Crippen molar-refractivity contribution in [2.75, 3.05) is 25.4 Å². The SMILES string of the molecule is Nc1ccc([N+](=O)[O-])cc1C(=O)N[C@@H]1CCN(CC(F)(F)F)C1. The van der Waals surface area contributed by atoms with Crippen molar-refractivity contribution in [2.45, 2.75) is 18.6 Å². The molecule has 0 aliphatic carbocycles. The fourth-order valence-electron chi connectivity index (χ4n) is 2.47. The lowest BCUT2D eigenvalue weighted by Gasteiger charge is -2.18. The van der Waals surface area contributed by atoms with E-state index in [1.54, 1.807) is 0 Å². The summed E-state index contributed by atoms with van der Waals surface area (Å²) in [6.45, 7) is -0.743. The van der Waals surface area contributed by atoms with E-state index in [1.165, 1.54) is 17.0 Å². The van der Waals surface area contributed by atoms with Crippen LogP contribution in [0.4, 0.5) is 24.5 Å². The average molecular weight is 332 g/mol. The lowest BCUT2D eigenvalue weighted by atomic mass is 10.1. The van der Waals surface area contributed by atoms with Gasteiger partial charge in [-0.2, -0.15) is 13.2 Å². The molecule has 0 aromatic heterocycles. The molecule has 0 radical (unpaired) electrons. The van der Waals surface area contributed by atoms with Gasteiger partial charge in [-0.3, -0.25) is 19.8 Å². The second kappa shape index (κ2) is 6.41. The second-order valence-electron chi connectivity index (χ2n) is 5.34. The Morgan fingerprint density at radius 1 is 1.48 bits per heavy atom. The van der Waals surface area contributed by atoms with Crippen molar-refractivity contribution in [1.29, 1.82) is 0 Å². The Kier molecular flexibility index (Phi) is 4.73. The minimum Gasteiger partial charge on any atom is -0.398 e. The number of carbonyl (C=O) groups excluding carboxylic acids is 1. The molecule has 1 fully saturated rings. The molecule has 0 bridgehead atoms. The number of halogens is 3. The van der Waals surface area contributed by atoms with Gasteiger partial charge < -0.3 is 11.1 Å². The summed E-state index contributed by atoms with van der Waals surface area (Å²) in [5, 5.41) is 13.3. The number of nitrogens with two attached hydrogens (primary N) is 1. The van der Waals surface area contributed by atoms with Crippen LogP contribution >= 0.6 is 0 Å². The Morgan fingerprint density at radius 3 is 2.78 bits per heavy atom. The normalized spacial score (nSPS) is 18.8. The minimum absolute atomic E-state index is 0.0616. The number of nitro benzene ring substituents is 1. The summed E-state index contributed by atoms with van der Waals surface area (Å²) >= 11 is 0. The molecule has 7 nitrogen and oxygen atoms in total. The Morgan fingerprint density at radius 2 is 2.17 bits per heavy atom. The predicted octanol–water partition coefficient (Wildman–Crippen LogP) is 1.54. The number of alkyl halides is 3. The zero-order chi connectivity index (χ0) is 17.2. The lowest BCUT2D eigenvalue weighted by Crippen LogP contribution is -2.39. The number of non-ortho nitro benzene ring substituents is 1. The van der Waals surface area contributed by atoms with E-state index in [-0.39, 0.29) is 30.0 Å². The fourth-order valence-corrected chi connectivity index (χ4v) is 2.47. The molecule has 1 atom stereocenters. The number of likely N-dealkylation sites (tertiary alicyclic amines) is 1. The largest absolute Gasteiger partial charge is 0.401 e. The molecule has 126 valence electrons. The minimum atomic E-state index is -4.29. The number of nitrogens with one attached hydrogen (secondary N) is 1. The van der Waals surface area contributed by atoms with E-state index in [0.717, 1.165) is 6.07 Å². The summed E-state index contributed by atoms with van der Waals surface area (Å²) in [6.07, 6.45) is -3.92. The van der Waals surface area contributed by atoms with Crippen LogP contribution in [0.15, 0.2) is 18.2 Å². The first-order valence-corrected chi connectivity index (χ1v) is 6.79. The number of hydrogen-bond donors (Lipinski definition) is 2. The summed E-state index contributed by atoms with van der Waals surface area (Å²) in [5.74, 6) is -0.634. The Hall–Kier alpha value is -2.36. The lowest BCUT2D eigenvalue weighted by molar-refractivity contribution is -0.384. The Balaban J connectivity index is 2.00. The summed E-state index contributed by atoms with van der Waals surface area (Å²) in [5.41, 5.74) is 5.36. The summed E-state index contributed by atoms with van der Waals surface area (Å²) < 4.78 is 37.0. The van der Waals surface area contributed by atoms with Gasteiger partial charge in [0.1, 0.15) is 0 Å². The van der Waals surface area contributed by atoms with Crippen LogP contribution in [0.3, 0.4) is 0 Å². The van der Waals surface area contributed by atoms with Gasteiger partial charge >= 0.3 is 6.18 Å². The molecule has 1 aromatic carbocycles. The van der Waals surface area contributed by atoms with Gasteiger partial charge in [0.2, 0.25) is 0 Å². The van der Waals surface area contributed by atoms with Crippen LogP contribution in [0.5, 0.6) is 0 Å². The van der Waals surface area contributed by atoms with Crippen molar-refractivity contribution in [3.63, 3.8) is 0 Å². The Bertz CT molecular complexity index is 621. The molecule has 1 aliphatic heterocycles. The number of rotatable bonds is 4. The molecule has 2 rings (SSSR count). The van der Waals surface area contributed by atoms with Gasteiger partial charge in [0.15, 0.2) is 0 Å². The topological polar surface area (TPSA) is 101 Å². The quantitative estimate of drug-likeness (QED) is 0.495. The van der Waals surface area contributed by atoms with E-state index in [0.29, 0.717) is 6.42 Å². The molecule has 0 spiro atoms. The van der Waals surface area contributed by atoms with Gasteiger partial charge in [-0.25, -0.2) is 0 Å². The number of anilines is 1. The summed E-state index contributed by atoms with van der Waals surface area (Å²) in [6, 6.07) is 3.01. The van der Waals surface area contributed by atoms with E-state index in [4.69, 9.17) is 5.73 Å². The smallest absolute Gasteiger partial charge is 0.398 e. The molecular weight excluding hydrogens is 317 g/mol. The summed E-state index contributed by atoms with van der Waals surface area (Å²) in [4.78, 5) is 23.4. The first-order valence-electron chi connectivity index (χ1n) is 6.79. The average Bonchev–Trinajstić information content (AvgIpc) is 2.83. The molecule has 1 amide bonds. The summed E-state index contributed by atoms with van der Waals surface area (Å²) in [7, 11) is 0. The first-order chi connectivity index (χ1) is 10.7. The number of nitrogens with zero attached hydrogens (tertiary/aromatic N) is 2. The van der Waals surface area contributed by atoms with Crippen molar-refractivity contribution in [3.8, 4) is 0 Å². The highest BCUT2D eigenvalue weighted by Crippen LogP contribution is 2.22. The zero-order valence-electron chi connectivity index (χ0n) is 12.0. The van der Waals surface area contributed by atoms with Crippen molar-refractivity contribution in [3.05, 3.63) is 33.9 Å². The van der Waals surface area contributed by atoms with Gasteiger partial charge in [-0.15, -0.1) is 0 Å². The van der Waals surface area contributed by atoms with Crippen LogP contribution in [0.1, 0.15) is 16.8 Å². The number of nitro groups is 1. The maximum atomic E-state index is 12.3. The van der Waals surface area contributed by atoms with Crippen LogP contribution in [0, 0.1) is 10.1 Å². The molecule has 0 saturated carbocycles. The van der Waals surface area contributed by atoms with Crippen molar-refractivity contribution >= 4 is 17.3 Å². The van der Waals surface area contributed by atoms with E-state index >= 15 is 0 Å². The third kappa shape index (κ3) is 4.55. The van der Waals surface area contributed by atoms with Crippen molar-refractivity contribution < 1.29 is 22.9 Å². The van der Waals surface area contributed by atoms with Crippen LogP contribution in [-0.2, 0) is 0 Å². The van der Waals surface area contributed by atoms with Gasteiger partial charge in [0.25, 0.3) is 11.6 Å². The molecule has 0 unspecified atom stereocenters. The molecular formula is C13H15F3N4O3. The van der Waals surface area contributed by atoms with Crippen molar-refractivity contribution in [2.24, 2.45) is 0 Å². The van der Waals surface area contributed by atoms with Gasteiger partial charge in [-0.05, 0) is 12.5 Å². The number of carbonyl (C=O) groups is 1. The molecule has 3 N–H and O–H groups in total. The molecule has 1 saturated heterocycles. The van der Waals surface area contributed by atoms with Gasteiger partial charge in [0.05, 0.1) is 17.0 Å².